The molecule has 0 aromatic carbocycles. The highest BCUT2D eigenvalue weighted by atomic mass is 19.4. The number of alkyl halides is 3. The largest absolute Gasteiger partial charge is 0.406 e. The predicted octanol–water partition coefficient (Wildman–Crippen LogP) is 2.06. The van der Waals surface area contributed by atoms with E-state index in [1.807, 2.05) is 0 Å². The minimum atomic E-state index is -4.39. The molecule has 5 nitrogen and oxygen atoms in total. The molecular formula is C15H25F3N4O. The van der Waals surface area contributed by atoms with Gasteiger partial charge in [0.15, 0.2) is 5.96 Å². The molecule has 1 aliphatic carbocycles. The number of nitrogens with one attached hydrogen (secondary N) is 2. The Balaban J connectivity index is 2.28. The van der Waals surface area contributed by atoms with Gasteiger partial charge in [0.2, 0.25) is 5.91 Å². The summed E-state index contributed by atoms with van der Waals surface area (Å²) in [5, 5.41) is 5.80. The smallest absolute Gasteiger partial charge is 0.356 e. The number of likely N-dealkylation sites (N-methyl/N-ethyl adjacent to an activating group) is 1. The highest BCUT2D eigenvalue weighted by molar-refractivity contribution is 5.86. The van der Waals surface area contributed by atoms with E-state index < -0.39 is 18.6 Å². The second-order valence-electron chi connectivity index (χ2n) is 5.58. The summed E-state index contributed by atoms with van der Waals surface area (Å²) in [6, 6.07) is 0. The molecule has 0 bridgehead atoms. The van der Waals surface area contributed by atoms with Crippen LogP contribution in [0.3, 0.4) is 0 Å². The van der Waals surface area contributed by atoms with Gasteiger partial charge in [0.05, 0.1) is 6.54 Å². The van der Waals surface area contributed by atoms with Gasteiger partial charge in [-0.05, 0) is 32.1 Å². The zero-order valence-electron chi connectivity index (χ0n) is 13.7. The fraction of sp³-hybridized carbons (Fsp3) is 0.733. The lowest BCUT2D eigenvalue weighted by atomic mass is 9.97. The molecule has 8 heteroatoms. The van der Waals surface area contributed by atoms with Gasteiger partial charge < -0.3 is 15.5 Å². The Hall–Kier alpha value is -1.73. The second-order valence-corrected chi connectivity index (χ2v) is 5.58. The van der Waals surface area contributed by atoms with Crippen LogP contribution in [0.25, 0.3) is 0 Å². The second kappa shape index (κ2) is 9.42. The van der Waals surface area contributed by atoms with Gasteiger partial charge in [-0.1, -0.05) is 11.6 Å². The topological polar surface area (TPSA) is 56.7 Å². The number of rotatable bonds is 6. The first-order chi connectivity index (χ1) is 10.8. The molecule has 0 heterocycles. The van der Waals surface area contributed by atoms with Crippen LogP contribution in [0.2, 0.25) is 0 Å². The number of carbonyl (C=O) groups excluding carboxylic acids is 1. The summed E-state index contributed by atoms with van der Waals surface area (Å²) in [6.07, 6.45) is 3.49. The average Bonchev–Trinajstić information content (AvgIpc) is 2.49. The van der Waals surface area contributed by atoms with Crippen molar-refractivity contribution in [2.75, 3.05) is 33.7 Å². The SMILES string of the molecule is CN=C(NCCC1=CCCCC1)NCC(=O)N(C)CC(F)(F)F. The predicted molar refractivity (Wildman–Crippen MR) is 84.2 cm³/mol. The molecule has 2 N–H and O–H groups in total. The quantitative estimate of drug-likeness (QED) is 0.444. The number of amides is 1. The van der Waals surface area contributed by atoms with Crippen LogP contribution in [0.1, 0.15) is 32.1 Å². The molecule has 23 heavy (non-hydrogen) atoms. The van der Waals surface area contributed by atoms with Crippen LogP contribution in [0, 0.1) is 0 Å². The molecular weight excluding hydrogens is 309 g/mol. The average molecular weight is 334 g/mol. The Morgan fingerprint density at radius 3 is 2.65 bits per heavy atom. The summed E-state index contributed by atoms with van der Waals surface area (Å²) in [4.78, 5) is 16.2. The Morgan fingerprint density at radius 2 is 2.09 bits per heavy atom. The highest BCUT2D eigenvalue weighted by Gasteiger charge is 2.31. The van der Waals surface area contributed by atoms with Gasteiger partial charge in [0.25, 0.3) is 0 Å². The molecule has 132 valence electrons. The third-order valence-electron chi connectivity index (χ3n) is 3.60. The van der Waals surface area contributed by atoms with E-state index in [2.05, 4.69) is 21.7 Å². The van der Waals surface area contributed by atoms with Crippen LogP contribution >= 0.6 is 0 Å². The minimum Gasteiger partial charge on any atom is -0.356 e. The number of nitrogens with zero attached hydrogens (tertiary/aromatic N) is 2. The molecule has 1 aliphatic rings. The Morgan fingerprint density at radius 1 is 1.35 bits per heavy atom. The van der Waals surface area contributed by atoms with Crippen LogP contribution in [0.4, 0.5) is 13.2 Å². The molecule has 0 radical (unpaired) electrons. The van der Waals surface area contributed by atoms with Crippen molar-refractivity contribution in [2.45, 2.75) is 38.3 Å². The molecule has 0 spiro atoms. The molecule has 0 fully saturated rings. The summed E-state index contributed by atoms with van der Waals surface area (Å²) >= 11 is 0. The van der Waals surface area contributed by atoms with Gasteiger partial charge in [0, 0.05) is 20.6 Å². The van der Waals surface area contributed by atoms with E-state index in [0.29, 0.717) is 17.4 Å². The molecule has 0 unspecified atom stereocenters. The maximum atomic E-state index is 12.2. The molecule has 1 rings (SSSR count). The summed E-state index contributed by atoms with van der Waals surface area (Å²) in [7, 11) is 2.68. The molecule has 0 saturated heterocycles. The summed E-state index contributed by atoms with van der Waals surface area (Å²) in [5.74, 6) is -0.226. The van der Waals surface area contributed by atoms with Crippen LogP contribution in [0.15, 0.2) is 16.6 Å². The van der Waals surface area contributed by atoms with E-state index >= 15 is 0 Å². The molecule has 0 saturated carbocycles. The van der Waals surface area contributed by atoms with E-state index in [9.17, 15) is 18.0 Å². The first-order valence-electron chi connectivity index (χ1n) is 7.75. The first kappa shape index (κ1) is 19.3. The normalized spacial score (nSPS) is 15.9. The number of halogens is 3. The lowest BCUT2D eigenvalue weighted by Gasteiger charge is -2.20. The van der Waals surface area contributed by atoms with Gasteiger partial charge in [-0.2, -0.15) is 13.2 Å². The lowest BCUT2D eigenvalue weighted by molar-refractivity contribution is -0.157. The minimum absolute atomic E-state index is 0.227. The van der Waals surface area contributed by atoms with Gasteiger partial charge in [-0.3, -0.25) is 9.79 Å². The number of aliphatic imine (C=N–C) groups is 1. The molecule has 0 atom stereocenters. The van der Waals surface area contributed by atoms with Crippen molar-refractivity contribution in [1.82, 2.24) is 15.5 Å². The van der Waals surface area contributed by atoms with E-state index in [1.165, 1.54) is 18.4 Å². The van der Waals surface area contributed by atoms with Crippen molar-refractivity contribution in [2.24, 2.45) is 4.99 Å². The number of guanidine groups is 1. The Kier molecular flexibility index (Phi) is 7.91. The van der Waals surface area contributed by atoms with Crippen LogP contribution in [-0.2, 0) is 4.79 Å². The third kappa shape index (κ3) is 8.47. The standard InChI is InChI=1S/C15H25F3N4O/c1-19-14(20-9-8-12-6-4-3-5-7-12)21-10-13(23)22(2)11-15(16,17)18/h6H,3-5,7-11H2,1-2H3,(H2,19,20,21). The van der Waals surface area contributed by atoms with Crippen molar-refractivity contribution in [3.8, 4) is 0 Å². The molecule has 0 aromatic heterocycles. The van der Waals surface area contributed by atoms with E-state index in [4.69, 9.17) is 0 Å². The van der Waals surface area contributed by atoms with Gasteiger partial charge in [0.1, 0.15) is 6.54 Å². The van der Waals surface area contributed by atoms with E-state index in [-0.39, 0.29) is 6.54 Å². The fourth-order valence-electron chi connectivity index (χ4n) is 2.35. The van der Waals surface area contributed by atoms with Gasteiger partial charge in [-0.25, -0.2) is 0 Å². The zero-order valence-corrected chi connectivity index (χ0v) is 13.7. The van der Waals surface area contributed by atoms with Crippen molar-refractivity contribution < 1.29 is 18.0 Å². The fourth-order valence-corrected chi connectivity index (χ4v) is 2.35. The highest BCUT2D eigenvalue weighted by Crippen LogP contribution is 2.19. The van der Waals surface area contributed by atoms with Crippen molar-refractivity contribution in [1.29, 1.82) is 0 Å². The maximum Gasteiger partial charge on any atom is 0.406 e. The van der Waals surface area contributed by atoms with Crippen molar-refractivity contribution in [3.05, 3.63) is 11.6 Å². The number of carbonyl (C=O) groups is 1. The summed E-state index contributed by atoms with van der Waals surface area (Å²) < 4.78 is 36.7. The monoisotopic (exact) mass is 334 g/mol. The summed E-state index contributed by atoms with van der Waals surface area (Å²) in [5.41, 5.74) is 1.42. The molecule has 0 aliphatic heterocycles. The summed E-state index contributed by atoms with van der Waals surface area (Å²) in [6.45, 7) is -0.805. The Bertz CT molecular complexity index is 446. The van der Waals surface area contributed by atoms with Crippen molar-refractivity contribution >= 4 is 11.9 Å². The Labute approximate surface area is 135 Å². The first-order valence-corrected chi connectivity index (χ1v) is 7.75. The van der Waals surface area contributed by atoms with E-state index in [1.54, 1.807) is 7.05 Å². The van der Waals surface area contributed by atoms with Crippen LogP contribution < -0.4 is 10.6 Å². The third-order valence-corrected chi connectivity index (χ3v) is 3.60. The molecule has 0 aromatic rings. The van der Waals surface area contributed by atoms with Crippen LogP contribution in [-0.4, -0.2) is 56.7 Å². The lowest BCUT2D eigenvalue weighted by Crippen LogP contribution is -2.45. The number of hydrogen-bond acceptors (Lipinski definition) is 2. The van der Waals surface area contributed by atoms with Crippen LogP contribution in [0.5, 0.6) is 0 Å². The van der Waals surface area contributed by atoms with Gasteiger partial charge >= 0.3 is 6.18 Å². The molecule has 1 amide bonds. The number of allylic oxidation sites excluding steroid dienone is 1. The van der Waals surface area contributed by atoms with Gasteiger partial charge in [-0.15, -0.1) is 0 Å². The number of hydrogen-bond donors (Lipinski definition) is 2. The van der Waals surface area contributed by atoms with E-state index in [0.717, 1.165) is 26.3 Å². The maximum absolute atomic E-state index is 12.2. The van der Waals surface area contributed by atoms with Crippen molar-refractivity contribution in [3.63, 3.8) is 0 Å². The zero-order chi connectivity index (χ0) is 17.3.